The molecule has 1 heterocycles. The van der Waals surface area contributed by atoms with E-state index in [2.05, 4.69) is 18.7 Å². The maximum atomic E-state index is 2.50. The zero-order valence-electron chi connectivity index (χ0n) is 7.85. The van der Waals surface area contributed by atoms with Gasteiger partial charge in [0.25, 0.3) is 0 Å². The number of hydrogen-bond donors (Lipinski definition) is 0. The van der Waals surface area contributed by atoms with Crippen LogP contribution in [0.5, 0.6) is 0 Å². The van der Waals surface area contributed by atoms with Crippen LogP contribution in [0.3, 0.4) is 0 Å². The summed E-state index contributed by atoms with van der Waals surface area (Å²) in [6.45, 7) is 12.5. The summed E-state index contributed by atoms with van der Waals surface area (Å²) in [6.07, 6.45) is 1.41. The lowest BCUT2D eigenvalue weighted by atomic mass is 10.2. The predicted octanol–water partition coefficient (Wildman–Crippen LogP) is 2.37. The van der Waals surface area contributed by atoms with Gasteiger partial charge in [0, 0.05) is 6.54 Å². The molecule has 1 fully saturated rings. The normalized spacial score (nSPS) is 25.8. The Bertz CT molecular complexity index is 71.1. The highest BCUT2D eigenvalue weighted by Gasteiger charge is 2.15. The summed E-state index contributed by atoms with van der Waals surface area (Å²) < 4.78 is 0. The summed E-state index contributed by atoms with van der Waals surface area (Å²) in [4.78, 5) is 2.50. The van der Waals surface area contributed by atoms with Gasteiger partial charge >= 0.3 is 0 Å². The molecule has 0 N–H and O–H groups in total. The highest BCUT2D eigenvalue weighted by Crippen LogP contribution is 2.13. The summed E-state index contributed by atoms with van der Waals surface area (Å²) >= 11 is 0. The second kappa shape index (κ2) is 5.72. The van der Waals surface area contributed by atoms with Gasteiger partial charge in [-0.2, -0.15) is 0 Å². The van der Waals surface area contributed by atoms with Crippen LogP contribution in [0.4, 0.5) is 0 Å². The van der Waals surface area contributed by atoms with E-state index in [1.165, 1.54) is 26.1 Å². The molecule has 1 aliphatic heterocycles. The van der Waals surface area contributed by atoms with Gasteiger partial charge in [0.05, 0.1) is 0 Å². The molecule has 1 aliphatic rings. The Kier molecular flexibility index (Phi) is 5.70. The smallest absolute Gasteiger partial charge is 0.000738 e. The first-order valence-electron chi connectivity index (χ1n) is 4.55. The van der Waals surface area contributed by atoms with Crippen molar-refractivity contribution in [3.8, 4) is 0 Å². The fraction of sp³-hybridized carbons (Fsp3) is 1.00. The zero-order valence-corrected chi connectivity index (χ0v) is 7.85. The van der Waals surface area contributed by atoms with Crippen molar-refractivity contribution in [2.75, 3.05) is 19.6 Å². The van der Waals surface area contributed by atoms with Crippen molar-refractivity contribution >= 4 is 0 Å². The van der Waals surface area contributed by atoms with Gasteiger partial charge in [0.1, 0.15) is 0 Å². The monoisotopic (exact) mass is 143 g/mol. The second-order valence-corrected chi connectivity index (χ2v) is 2.79. The largest absolute Gasteiger partial charge is 0.303 e. The molecule has 1 rings (SSSR count). The van der Waals surface area contributed by atoms with Gasteiger partial charge in [-0.05, 0) is 25.4 Å². The first-order valence-corrected chi connectivity index (χ1v) is 4.55. The highest BCUT2D eigenvalue weighted by atomic mass is 15.1. The lowest BCUT2D eigenvalue weighted by Crippen LogP contribution is -2.18. The van der Waals surface area contributed by atoms with Crippen molar-refractivity contribution in [2.24, 2.45) is 5.92 Å². The Labute approximate surface area is 65.4 Å². The molecule has 0 amide bonds. The Hall–Kier alpha value is -0.0400. The van der Waals surface area contributed by atoms with E-state index in [4.69, 9.17) is 0 Å². The molecule has 0 aromatic carbocycles. The van der Waals surface area contributed by atoms with Gasteiger partial charge in [-0.15, -0.1) is 0 Å². The average Bonchev–Trinajstić information content (AvgIpc) is 2.40. The summed E-state index contributed by atoms with van der Waals surface area (Å²) in [5.41, 5.74) is 0. The fourth-order valence-corrected chi connectivity index (χ4v) is 1.31. The molecule has 1 heteroatoms. The van der Waals surface area contributed by atoms with Crippen molar-refractivity contribution in [1.29, 1.82) is 0 Å². The highest BCUT2D eigenvalue weighted by molar-refractivity contribution is 4.70. The van der Waals surface area contributed by atoms with Crippen molar-refractivity contribution in [2.45, 2.75) is 34.1 Å². The van der Waals surface area contributed by atoms with Crippen LogP contribution < -0.4 is 0 Å². The molecule has 0 spiro atoms. The third-order valence-corrected chi connectivity index (χ3v) is 1.96. The second-order valence-electron chi connectivity index (χ2n) is 2.79. The van der Waals surface area contributed by atoms with E-state index in [1.807, 2.05) is 13.8 Å². The van der Waals surface area contributed by atoms with Crippen molar-refractivity contribution in [3.05, 3.63) is 0 Å². The van der Waals surface area contributed by atoms with E-state index in [0.717, 1.165) is 5.92 Å². The maximum Gasteiger partial charge on any atom is 0.000738 e. The number of likely N-dealkylation sites (tertiary alicyclic amines) is 1. The molecule has 0 saturated carbocycles. The zero-order chi connectivity index (χ0) is 7.98. The molecule has 10 heavy (non-hydrogen) atoms. The molecular weight excluding hydrogens is 122 g/mol. The Morgan fingerprint density at radius 3 is 2.20 bits per heavy atom. The van der Waals surface area contributed by atoms with E-state index in [-0.39, 0.29) is 0 Å². The van der Waals surface area contributed by atoms with Crippen LogP contribution in [0.15, 0.2) is 0 Å². The van der Waals surface area contributed by atoms with E-state index < -0.39 is 0 Å². The Morgan fingerprint density at radius 1 is 1.40 bits per heavy atom. The first-order chi connectivity index (χ1) is 4.83. The van der Waals surface area contributed by atoms with E-state index in [9.17, 15) is 0 Å². The van der Waals surface area contributed by atoms with Gasteiger partial charge in [0.15, 0.2) is 0 Å². The van der Waals surface area contributed by atoms with Crippen LogP contribution in [-0.4, -0.2) is 24.5 Å². The van der Waals surface area contributed by atoms with Crippen molar-refractivity contribution < 1.29 is 0 Å². The first kappa shape index (κ1) is 9.96. The fourth-order valence-electron chi connectivity index (χ4n) is 1.31. The van der Waals surface area contributed by atoms with Crippen LogP contribution in [-0.2, 0) is 0 Å². The van der Waals surface area contributed by atoms with Crippen molar-refractivity contribution in [3.63, 3.8) is 0 Å². The molecular formula is C9H21N. The minimum absolute atomic E-state index is 0.954. The molecule has 1 atom stereocenters. The van der Waals surface area contributed by atoms with Crippen LogP contribution in [0.2, 0.25) is 0 Å². The minimum atomic E-state index is 0.954. The molecule has 1 nitrogen and oxygen atoms in total. The van der Waals surface area contributed by atoms with Crippen LogP contribution in [0.1, 0.15) is 34.1 Å². The number of hydrogen-bond acceptors (Lipinski definition) is 1. The quantitative estimate of drug-likeness (QED) is 0.544. The van der Waals surface area contributed by atoms with E-state index in [0.29, 0.717) is 0 Å². The maximum absolute atomic E-state index is 2.50. The Morgan fingerprint density at radius 2 is 2.00 bits per heavy atom. The molecule has 0 bridgehead atoms. The van der Waals surface area contributed by atoms with Crippen LogP contribution in [0.25, 0.3) is 0 Å². The molecule has 0 radical (unpaired) electrons. The van der Waals surface area contributed by atoms with Gasteiger partial charge < -0.3 is 4.90 Å². The van der Waals surface area contributed by atoms with Gasteiger partial charge in [0.2, 0.25) is 0 Å². The lowest BCUT2D eigenvalue weighted by molar-refractivity contribution is 0.346. The van der Waals surface area contributed by atoms with Crippen LogP contribution >= 0.6 is 0 Å². The summed E-state index contributed by atoms with van der Waals surface area (Å²) in [7, 11) is 0. The molecule has 1 saturated heterocycles. The summed E-state index contributed by atoms with van der Waals surface area (Å²) in [6, 6.07) is 0. The number of rotatable bonds is 1. The lowest BCUT2D eigenvalue weighted by Gasteiger charge is -2.09. The topological polar surface area (TPSA) is 3.24 Å². The standard InChI is InChI=1S/C7H15N.C2H6/c1-3-8-5-4-7(2)6-8;1-2/h7H,3-6H2,1-2H3;1-2H3. The van der Waals surface area contributed by atoms with Gasteiger partial charge in [-0.25, -0.2) is 0 Å². The summed E-state index contributed by atoms with van der Waals surface area (Å²) in [5, 5.41) is 0. The minimum Gasteiger partial charge on any atom is -0.303 e. The Balaban J connectivity index is 0.000000371. The van der Waals surface area contributed by atoms with E-state index in [1.54, 1.807) is 0 Å². The molecule has 0 aromatic heterocycles. The molecule has 0 aromatic rings. The summed E-state index contributed by atoms with van der Waals surface area (Å²) in [5.74, 6) is 0.954. The molecule has 1 unspecified atom stereocenters. The third-order valence-electron chi connectivity index (χ3n) is 1.96. The molecule has 0 aliphatic carbocycles. The van der Waals surface area contributed by atoms with Gasteiger partial charge in [-0.1, -0.05) is 27.7 Å². The van der Waals surface area contributed by atoms with Gasteiger partial charge in [-0.3, -0.25) is 0 Å². The van der Waals surface area contributed by atoms with Crippen molar-refractivity contribution in [1.82, 2.24) is 4.90 Å². The SMILES string of the molecule is CC.CCN1CCC(C)C1. The average molecular weight is 143 g/mol. The predicted molar refractivity (Wildman–Crippen MR) is 47.2 cm³/mol. The van der Waals surface area contributed by atoms with E-state index >= 15 is 0 Å². The third kappa shape index (κ3) is 3.21. The number of nitrogens with zero attached hydrogens (tertiary/aromatic N) is 1. The molecule has 62 valence electrons. The van der Waals surface area contributed by atoms with Crippen LogP contribution in [0, 0.1) is 5.92 Å².